The van der Waals surface area contributed by atoms with E-state index in [2.05, 4.69) is 15.6 Å². The third kappa shape index (κ3) is 6.54. The van der Waals surface area contributed by atoms with Crippen LogP contribution in [0, 0.1) is 0 Å². The van der Waals surface area contributed by atoms with Crippen molar-refractivity contribution in [1.29, 1.82) is 0 Å². The van der Waals surface area contributed by atoms with Gasteiger partial charge in [-0.2, -0.15) is 0 Å². The molecule has 0 radical (unpaired) electrons. The molecule has 4 aromatic rings. The fourth-order valence-corrected chi connectivity index (χ4v) is 4.32. The molecule has 4 rings (SSSR count). The van der Waals surface area contributed by atoms with E-state index in [9.17, 15) is 9.59 Å². The first-order chi connectivity index (χ1) is 18.7. The van der Waals surface area contributed by atoms with Crippen molar-refractivity contribution in [2.75, 3.05) is 14.2 Å². The molecule has 1 N–H and O–H groups in total. The zero-order chi connectivity index (χ0) is 28.0. The Kier molecular flexibility index (Phi) is 8.49. The van der Waals surface area contributed by atoms with Crippen LogP contribution in [0.1, 0.15) is 44.4 Å². The number of hydrogen-bond donors (Lipinski definition) is 1. The molecule has 1 aromatic heterocycles. The minimum Gasteiger partial charge on any atom is -0.497 e. The Morgan fingerprint density at radius 3 is 2.38 bits per heavy atom. The maximum Gasteiger partial charge on any atom is 0.247 e. The Morgan fingerprint density at radius 1 is 0.974 bits per heavy atom. The third-order valence-corrected chi connectivity index (χ3v) is 6.83. The van der Waals surface area contributed by atoms with E-state index in [4.69, 9.17) is 9.47 Å². The van der Waals surface area contributed by atoms with Crippen LogP contribution >= 0.6 is 0 Å². The van der Waals surface area contributed by atoms with Gasteiger partial charge in [0.2, 0.25) is 11.8 Å². The van der Waals surface area contributed by atoms with Crippen molar-refractivity contribution in [3.05, 3.63) is 83.9 Å². The molecule has 2 amide bonds. The van der Waals surface area contributed by atoms with Crippen LogP contribution < -0.4 is 14.8 Å². The summed E-state index contributed by atoms with van der Waals surface area (Å²) in [4.78, 5) is 29.7. The van der Waals surface area contributed by atoms with Crippen molar-refractivity contribution in [2.45, 2.75) is 51.9 Å². The van der Waals surface area contributed by atoms with Gasteiger partial charge >= 0.3 is 0 Å². The molecule has 1 heterocycles. The molecular formula is C30H35N5O4. The molecule has 9 heteroatoms. The van der Waals surface area contributed by atoms with Crippen molar-refractivity contribution < 1.29 is 19.1 Å². The fourth-order valence-electron chi connectivity index (χ4n) is 4.32. The van der Waals surface area contributed by atoms with Gasteiger partial charge in [-0.25, -0.2) is 4.68 Å². The maximum atomic E-state index is 14.1. The lowest BCUT2D eigenvalue weighted by Gasteiger charge is -2.35. The predicted octanol–water partition coefficient (Wildman–Crippen LogP) is 4.52. The van der Waals surface area contributed by atoms with E-state index in [0.29, 0.717) is 22.6 Å². The summed E-state index contributed by atoms with van der Waals surface area (Å²) < 4.78 is 12.4. The highest BCUT2D eigenvalue weighted by Crippen LogP contribution is 2.29. The second-order valence-corrected chi connectivity index (χ2v) is 10.0. The average Bonchev–Trinajstić information content (AvgIpc) is 3.35. The molecule has 204 valence electrons. The number of rotatable bonds is 11. The molecule has 0 fully saturated rings. The Bertz CT molecular complexity index is 1450. The quantitative estimate of drug-likeness (QED) is 0.307. The van der Waals surface area contributed by atoms with Crippen molar-refractivity contribution in [3.8, 4) is 11.5 Å². The maximum absolute atomic E-state index is 14.1. The number of hydrogen-bond acceptors (Lipinski definition) is 6. The summed E-state index contributed by atoms with van der Waals surface area (Å²) in [6, 6.07) is 21.3. The van der Waals surface area contributed by atoms with Gasteiger partial charge in [0, 0.05) is 12.1 Å². The number of nitrogens with zero attached hydrogens (tertiary/aromatic N) is 4. The largest absolute Gasteiger partial charge is 0.497 e. The summed E-state index contributed by atoms with van der Waals surface area (Å²) in [5.41, 5.74) is 2.42. The number of para-hydroxylation sites is 1. The first kappa shape index (κ1) is 27.6. The summed E-state index contributed by atoms with van der Waals surface area (Å²) in [7, 11) is 3.17. The molecule has 1 unspecified atom stereocenters. The van der Waals surface area contributed by atoms with E-state index >= 15 is 0 Å². The number of carbonyl (C=O) groups excluding carboxylic acids is 2. The Labute approximate surface area is 228 Å². The zero-order valence-corrected chi connectivity index (χ0v) is 23.0. The van der Waals surface area contributed by atoms with Gasteiger partial charge in [-0.3, -0.25) is 9.59 Å². The van der Waals surface area contributed by atoms with E-state index in [1.165, 1.54) is 0 Å². The molecule has 0 aliphatic carbocycles. The number of benzene rings is 3. The number of methoxy groups -OCH3 is 2. The first-order valence-electron chi connectivity index (χ1n) is 12.9. The normalized spacial score (nSPS) is 12.1. The smallest absolute Gasteiger partial charge is 0.247 e. The SMILES string of the molecule is CCC(C)(C)NC(=O)C(c1cccc(OC)c1)N(Cc1cccc(OC)c1)C(=O)Cn1nnc2ccccc21. The van der Waals surface area contributed by atoms with Crippen LogP contribution in [-0.4, -0.2) is 51.5 Å². The van der Waals surface area contributed by atoms with Gasteiger partial charge in [0.25, 0.3) is 0 Å². The number of carbonyl (C=O) groups is 2. The van der Waals surface area contributed by atoms with Gasteiger partial charge in [-0.05, 0) is 67.8 Å². The fraction of sp³-hybridized carbons (Fsp3) is 0.333. The summed E-state index contributed by atoms with van der Waals surface area (Å²) in [5, 5.41) is 11.5. The highest BCUT2D eigenvalue weighted by atomic mass is 16.5. The monoisotopic (exact) mass is 529 g/mol. The lowest BCUT2D eigenvalue weighted by Crippen LogP contribution is -2.50. The molecule has 0 bridgehead atoms. The zero-order valence-electron chi connectivity index (χ0n) is 23.0. The summed E-state index contributed by atoms with van der Waals surface area (Å²) in [5.74, 6) is 0.688. The third-order valence-electron chi connectivity index (χ3n) is 6.83. The molecule has 0 spiro atoms. The molecule has 0 saturated carbocycles. The van der Waals surface area contributed by atoms with Gasteiger partial charge in [-0.1, -0.05) is 48.5 Å². The van der Waals surface area contributed by atoms with Crippen LogP contribution in [-0.2, 0) is 22.7 Å². The van der Waals surface area contributed by atoms with Crippen molar-refractivity contribution in [3.63, 3.8) is 0 Å². The summed E-state index contributed by atoms with van der Waals surface area (Å²) in [6.45, 7) is 6.02. The highest BCUT2D eigenvalue weighted by Gasteiger charge is 2.34. The molecule has 9 nitrogen and oxygen atoms in total. The number of ether oxygens (including phenoxy) is 2. The highest BCUT2D eigenvalue weighted by molar-refractivity contribution is 5.89. The van der Waals surface area contributed by atoms with Gasteiger partial charge < -0.3 is 19.7 Å². The van der Waals surface area contributed by atoms with E-state index < -0.39 is 11.6 Å². The van der Waals surface area contributed by atoms with Gasteiger partial charge in [0.15, 0.2) is 0 Å². The van der Waals surface area contributed by atoms with Crippen LogP contribution in [0.3, 0.4) is 0 Å². The predicted molar refractivity (Wildman–Crippen MR) is 149 cm³/mol. The van der Waals surface area contributed by atoms with Crippen LogP contribution in [0.2, 0.25) is 0 Å². The molecule has 0 aliphatic heterocycles. The minimum atomic E-state index is -0.931. The Hall–Kier alpha value is -4.40. The van der Waals surface area contributed by atoms with Crippen LogP contribution in [0.4, 0.5) is 0 Å². The van der Waals surface area contributed by atoms with Crippen molar-refractivity contribution >= 4 is 22.8 Å². The van der Waals surface area contributed by atoms with E-state index in [1.54, 1.807) is 29.9 Å². The number of fused-ring (bicyclic) bond motifs is 1. The summed E-state index contributed by atoms with van der Waals surface area (Å²) in [6.07, 6.45) is 0.721. The Morgan fingerprint density at radius 2 is 1.67 bits per heavy atom. The summed E-state index contributed by atoms with van der Waals surface area (Å²) >= 11 is 0. The molecule has 39 heavy (non-hydrogen) atoms. The number of aromatic nitrogens is 3. The second-order valence-electron chi connectivity index (χ2n) is 10.0. The Balaban J connectivity index is 1.80. The molecule has 0 saturated heterocycles. The molecule has 3 aromatic carbocycles. The molecule has 1 atom stereocenters. The number of nitrogens with one attached hydrogen (secondary N) is 1. The average molecular weight is 530 g/mol. The van der Waals surface area contributed by atoms with Crippen LogP contribution in [0.25, 0.3) is 11.0 Å². The standard InChI is InChI=1S/C30H35N5O4/c1-6-30(2,3)31-29(37)28(22-12-10-14-24(18-22)39-5)34(19-21-11-9-13-23(17-21)38-4)27(36)20-35-26-16-8-7-15-25(26)32-33-35/h7-18,28H,6,19-20H2,1-5H3,(H,31,37). The van der Waals surface area contributed by atoms with Gasteiger partial charge in [0.05, 0.1) is 19.7 Å². The van der Waals surface area contributed by atoms with Crippen molar-refractivity contribution in [1.82, 2.24) is 25.2 Å². The molecule has 0 aliphatic rings. The van der Waals surface area contributed by atoms with E-state index in [0.717, 1.165) is 17.5 Å². The minimum absolute atomic E-state index is 0.0879. The van der Waals surface area contributed by atoms with Gasteiger partial charge in [0.1, 0.15) is 29.6 Å². The second kappa shape index (κ2) is 12.0. The first-order valence-corrected chi connectivity index (χ1v) is 12.9. The lowest BCUT2D eigenvalue weighted by atomic mass is 9.98. The van der Waals surface area contributed by atoms with E-state index in [1.807, 2.05) is 87.5 Å². The molecular weight excluding hydrogens is 494 g/mol. The number of amides is 2. The van der Waals surface area contributed by atoms with Crippen LogP contribution in [0.5, 0.6) is 11.5 Å². The van der Waals surface area contributed by atoms with Gasteiger partial charge in [-0.15, -0.1) is 5.10 Å². The van der Waals surface area contributed by atoms with E-state index in [-0.39, 0.29) is 24.9 Å². The van der Waals surface area contributed by atoms with Crippen molar-refractivity contribution in [2.24, 2.45) is 0 Å². The lowest BCUT2D eigenvalue weighted by molar-refractivity contribution is -0.143. The van der Waals surface area contributed by atoms with Crippen LogP contribution in [0.15, 0.2) is 72.8 Å². The topological polar surface area (TPSA) is 98.6 Å².